The van der Waals surface area contributed by atoms with Crippen LogP contribution in [0.1, 0.15) is 44.9 Å². The Morgan fingerprint density at radius 2 is 1.38 bits per heavy atom. The van der Waals surface area contributed by atoms with Gasteiger partial charge in [-0.15, -0.1) is 0 Å². The minimum Gasteiger partial charge on any atom is -0.295 e. The number of hydrogen-bond donors (Lipinski definition) is 0. The highest BCUT2D eigenvalue weighted by atomic mass is 16.7. The van der Waals surface area contributed by atoms with Crippen molar-refractivity contribution in [2.45, 2.75) is 51.4 Å². The second-order valence-corrected chi connectivity index (χ2v) is 9.52. The van der Waals surface area contributed by atoms with E-state index in [1.165, 1.54) is 11.1 Å². The molecule has 2 heterocycles. The molecule has 29 heavy (non-hydrogen) atoms. The van der Waals surface area contributed by atoms with E-state index in [9.17, 15) is 0 Å². The summed E-state index contributed by atoms with van der Waals surface area (Å²) in [4.78, 5) is 11.4. The number of likely N-dealkylation sites (tertiary alicyclic amines) is 1. The van der Waals surface area contributed by atoms with Gasteiger partial charge in [0, 0.05) is 44.8 Å². The van der Waals surface area contributed by atoms with Crippen molar-refractivity contribution in [1.29, 1.82) is 0 Å². The molecule has 2 aliphatic rings. The van der Waals surface area contributed by atoms with Crippen molar-refractivity contribution in [3.05, 3.63) is 71.8 Å². The number of benzene rings is 2. The Hall–Kier alpha value is -1.72. The monoisotopic (exact) mass is 393 g/mol. The lowest BCUT2D eigenvalue weighted by Crippen LogP contribution is -2.65. The van der Waals surface area contributed by atoms with Crippen LogP contribution in [0.15, 0.2) is 60.7 Å². The molecule has 0 amide bonds. The Balaban J connectivity index is 1.39. The summed E-state index contributed by atoms with van der Waals surface area (Å²) in [5.74, 6) is 0. The standard InChI is InChI=1S/C25H35N3O/c1-20-17-26(15-16-28(20)29-25(2,3)4)23-18-27(19-23)24(21-11-7-5-8-12-21)22-13-9-6-10-14-22/h5-14,20,23-24H,15-19H2,1-4H3/t20-/m1/s1. The molecule has 2 aromatic rings. The van der Waals surface area contributed by atoms with Crippen LogP contribution in [-0.4, -0.2) is 65.3 Å². The normalized spacial score (nSPS) is 22.7. The predicted octanol–water partition coefficient (Wildman–Crippen LogP) is 4.20. The molecule has 0 aromatic heterocycles. The molecule has 156 valence electrons. The molecule has 0 bridgehead atoms. The zero-order valence-electron chi connectivity index (χ0n) is 18.3. The summed E-state index contributed by atoms with van der Waals surface area (Å²) in [7, 11) is 0. The third kappa shape index (κ3) is 4.89. The lowest BCUT2D eigenvalue weighted by molar-refractivity contribution is -0.263. The summed E-state index contributed by atoms with van der Waals surface area (Å²) >= 11 is 0. The van der Waals surface area contributed by atoms with Gasteiger partial charge in [0.05, 0.1) is 11.6 Å². The fourth-order valence-corrected chi connectivity index (χ4v) is 4.60. The highest BCUT2D eigenvalue weighted by Crippen LogP contribution is 2.34. The number of nitrogens with zero attached hydrogens (tertiary/aromatic N) is 3. The quantitative estimate of drug-likeness (QED) is 0.758. The molecule has 2 aliphatic heterocycles. The predicted molar refractivity (Wildman–Crippen MR) is 119 cm³/mol. The Kier molecular flexibility index (Phi) is 6.07. The summed E-state index contributed by atoms with van der Waals surface area (Å²) < 4.78 is 0. The molecule has 4 rings (SSSR count). The second kappa shape index (κ2) is 8.57. The topological polar surface area (TPSA) is 19.0 Å². The van der Waals surface area contributed by atoms with E-state index >= 15 is 0 Å². The maximum atomic E-state index is 6.14. The molecule has 0 saturated carbocycles. The number of hydrogen-bond acceptors (Lipinski definition) is 4. The van der Waals surface area contributed by atoms with Crippen LogP contribution in [0.3, 0.4) is 0 Å². The first-order valence-electron chi connectivity index (χ1n) is 10.9. The van der Waals surface area contributed by atoms with E-state index in [1.807, 2.05) is 0 Å². The van der Waals surface area contributed by atoms with Gasteiger partial charge in [-0.25, -0.2) is 0 Å². The molecule has 0 unspecified atom stereocenters. The molecule has 4 nitrogen and oxygen atoms in total. The van der Waals surface area contributed by atoms with Gasteiger partial charge in [0.1, 0.15) is 0 Å². The van der Waals surface area contributed by atoms with E-state index in [4.69, 9.17) is 4.84 Å². The Morgan fingerprint density at radius 3 is 1.86 bits per heavy atom. The maximum absolute atomic E-state index is 6.14. The summed E-state index contributed by atoms with van der Waals surface area (Å²) in [6.45, 7) is 14.1. The van der Waals surface area contributed by atoms with Crippen LogP contribution in [-0.2, 0) is 4.84 Å². The third-order valence-corrected chi connectivity index (χ3v) is 5.99. The second-order valence-electron chi connectivity index (χ2n) is 9.52. The fraction of sp³-hybridized carbons (Fsp3) is 0.520. The van der Waals surface area contributed by atoms with Crippen molar-refractivity contribution in [2.75, 3.05) is 32.7 Å². The van der Waals surface area contributed by atoms with Crippen LogP contribution in [0.2, 0.25) is 0 Å². The summed E-state index contributed by atoms with van der Waals surface area (Å²) in [5, 5.41) is 2.18. The molecular formula is C25H35N3O. The summed E-state index contributed by atoms with van der Waals surface area (Å²) in [5.41, 5.74) is 2.64. The van der Waals surface area contributed by atoms with Gasteiger partial charge in [-0.1, -0.05) is 60.7 Å². The molecule has 2 fully saturated rings. The van der Waals surface area contributed by atoms with Gasteiger partial charge < -0.3 is 0 Å². The summed E-state index contributed by atoms with van der Waals surface area (Å²) in [6, 6.07) is 23.3. The van der Waals surface area contributed by atoms with Gasteiger partial charge in [-0.3, -0.25) is 14.6 Å². The van der Waals surface area contributed by atoms with Crippen molar-refractivity contribution in [3.63, 3.8) is 0 Å². The van der Waals surface area contributed by atoms with Crippen molar-refractivity contribution in [1.82, 2.24) is 14.9 Å². The first-order valence-corrected chi connectivity index (χ1v) is 10.9. The smallest absolute Gasteiger partial charge is 0.0816 e. The number of rotatable bonds is 5. The average molecular weight is 394 g/mol. The highest BCUT2D eigenvalue weighted by molar-refractivity contribution is 5.32. The molecular weight excluding hydrogens is 358 g/mol. The number of hydroxylamine groups is 2. The van der Waals surface area contributed by atoms with E-state index in [2.05, 4.69) is 103 Å². The van der Waals surface area contributed by atoms with Gasteiger partial charge in [0.2, 0.25) is 0 Å². The van der Waals surface area contributed by atoms with Crippen molar-refractivity contribution < 1.29 is 4.84 Å². The van der Waals surface area contributed by atoms with Crippen LogP contribution >= 0.6 is 0 Å². The Morgan fingerprint density at radius 1 is 0.828 bits per heavy atom. The van der Waals surface area contributed by atoms with Crippen molar-refractivity contribution in [2.24, 2.45) is 0 Å². The van der Waals surface area contributed by atoms with Gasteiger partial charge in [0.15, 0.2) is 0 Å². The molecule has 4 heteroatoms. The van der Waals surface area contributed by atoms with Gasteiger partial charge in [-0.05, 0) is 38.8 Å². The zero-order chi connectivity index (χ0) is 20.4. The van der Waals surface area contributed by atoms with E-state index in [0.717, 1.165) is 32.7 Å². The average Bonchev–Trinajstić information content (AvgIpc) is 2.66. The minimum atomic E-state index is -0.123. The first-order chi connectivity index (χ1) is 13.9. The molecule has 0 N–H and O–H groups in total. The SMILES string of the molecule is C[C@@H]1CN(C2CN(C(c3ccccc3)c3ccccc3)C2)CCN1OC(C)(C)C. The molecule has 0 aliphatic carbocycles. The van der Waals surface area contributed by atoms with Crippen molar-refractivity contribution in [3.8, 4) is 0 Å². The highest BCUT2D eigenvalue weighted by Gasteiger charge is 2.39. The van der Waals surface area contributed by atoms with Crippen LogP contribution in [0.25, 0.3) is 0 Å². The van der Waals surface area contributed by atoms with Crippen LogP contribution in [0, 0.1) is 0 Å². The minimum absolute atomic E-state index is 0.123. The summed E-state index contributed by atoms with van der Waals surface area (Å²) in [6.07, 6.45) is 0. The van der Waals surface area contributed by atoms with Gasteiger partial charge in [-0.2, -0.15) is 5.06 Å². The van der Waals surface area contributed by atoms with E-state index in [-0.39, 0.29) is 5.60 Å². The fourth-order valence-electron chi connectivity index (χ4n) is 4.60. The molecule has 2 saturated heterocycles. The first kappa shape index (κ1) is 20.5. The Bertz CT molecular complexity index is 728. The molecule has 0 spiro atoms. The van der Waals surface area contributed by atoms with Crippen LogP contribution in [0.4, 0.5) is 0 Å². The number of piperazine rings is 1. The van der Waals surface area contributed by atoms with E-state index in [1.54, 1.807) is 0 Å². The van der Waals surface area contributed by atoms with Crippen LogP contribution in [0.5, 0.6) is 0 Å². The molecule has 1 atom stereocenters. The molecule has 0 radical (unpaired) electrons. The largest absolute Gasteiger partial charge is 0.295 e. The Labute approximate surface area is 176 Å². The lowest BCUT2D eigenvalue weighted by atomic mass is 9.92. The third-order valence-electron chi connectivity index (χ3n) is 5.99. The van der Waals surface area contributed by atoms with Gasteiger partial charge >= 0.3 is 0 Å². The zero-order valence-corrected chi connectivity index (χ0v) is 18.3. The maximum Gasteiger partial charge on any atom is 0.0816 e. The van der Waals surface area contributed by atoms with Crippen LogP contribution < -0.4 is 0 Å². The molecule has 2 aromatic carbocycles. The van der Waals surface area contributed by atoms with Crippen molar-refractivity contribution >= 4 is 0 Å². The van der Waals surface area contributed by atoms with E-state index in [0.29, 0.717) is 18.1 Å². The lowest BCUT2D eigenvalue weighted by Gasteiger charge is -2.52. The van der Waals surface area contributed by atoms with Gasteiger partial charge in [0.25, 0.3) is 0 Å². The van der Waals surface area contributed by atoms with E-state index < -0.39 is 0 Å².